The highest BCUT2D eigenvalue weighted by Gasteiger charge is 2.05. The molecule has 13 heavy (non-hydrogen) atoms. The monoisotopic (exact) mass is 177 g/mol. The first-order valence-electron chi connectivity index (χ1n) is 4.47. The van der Waals surface area contributed by atoms with Crippen LogP contribution in [-0.4, -0.2) is 18.9 Å². The lowest BCUT2D eigenvalue weighted by Crippen LogP contribution is -2.08. The van der Waals surface area contributed by atoms with E-state index in [-0.39, 0.29) is 6.10 Å². The number of rotatable bonds is 3. The van der Waals surface area contributed by atoms with Crippen LogP contribution in [0.25, 0.3) is 0 Å². The predicted molar refractivity (Wildman–Crippen MR) is 55.9 cm³/mol. The van der Waals surface area contributed by atoms with Gasteiger partial charge in [0.2, 0.25) is 0 Å². The quantitative estimate of drug-likeness (QED) is 0.369. The fourth-order valence-corrected chi connectivity index (χ4v) is 1.10. The van der Waals surface area contributed by atoms with Gasteiger partial charge in [-0.1, -0.05) is 12.7 Å². The molecule has 1 unspecified atom stereocenters. The van der Waals surface area contributed by atoms with E-state index in [4.69, 9.17) is 4.74 Å². The van der Waals surface area contributed by atoms with Gasteiger partial charge in [-0.05, 0) is 25.2 Å². The van der Waals surface area contributed by atoms with Crippen LogP contribution in [-0.2, 0) is 4.74 Å². The average molecular weight is 177 g/mol. The van der Waals surface area contributed by atoms with Crippen molar-refractivity contribution < 1.29 is 4.74 Å². The normalized spacial score (nSPS) is 22.5. The summed E-state index contributed by atoms with van der Waals surface area (Å²) in [4.78, 5) is 4.14. The lowest BCUT2D eigenvalue weighted by Gasteiger charge is -2.13. The Morgan fingerprint density at radius 1 is 1.69 bits per heavy atom. The molecule has 1 atom stereocenters. The van der Waals surface area contributed by atoms with Gasteiger partial charge in [0, 0.05) is 12.6 Å². The third-order valence-electron chi connectivity index (χ3n) is 1.80. The molecule has 1 rings (SSSR count). The maximum atomic E-state index is 5.63. The highest BCUT2D eigenvalue weighted by molar-refractivity contribution is 5.59. The van der Waals surface area contributed by atoms with Crippen molar-refractivity contribution in [2.24, 2.45) is 4.99 Å². The second kappa shape index (κ2) is 5.36. The largest absolute Gasteiger partial charge is 0.486 e. The van der Waals surface area contributed by atoms with Gasteiger partial charge in [0.05, 0.1) is 6.54 Å². The molecule has 2 heteroatoms. The van der Waals surface area contributed by atoms with Crippen LogP contribution in [0.3, 0.4) is 0 Å². The summed E-state index contributed by atoms with van der Waals surface area (Å²) < 4.78 is 5.63. The standard InChI is InChI=1S/C11H15NO/c1-3-10(4-2)13-11-6-5-8-12-9-7-11/h3-6,9,11H,1,7-8H2,2H3/b10-4+. The minimum Gasteiger partial charge on any atom is -0.486 e. The van der Waals surface area contributed by atoms with E-state index in [0.717, 1.165) is 18.7 Å². The van der Waals surface area contributed by atoms with Crippen molar-refractivity contribution in [3.8, 4) is 0 Å². The van der Waals surface area contributed by atoms with Crippen LogP contribution >= 0.6 is 0 Å². The maximum Gasteiger partial charge on any atom is 0.122 e. The Hall–Kier alpha value is -1.31. The molecule has 0 saturated carbocycles. The Morgan fingerprint density at radius 3 is 3.23 bits per heavy atom. The van der Waals surface area contributed by atoms with Gasteiger partial charge in [-0.2, -0.15) is 0 Å². The molecule has 0 bridgehead atoms. The van der Waals surface area contributed by atoms with Crippen molar-refractivity contribution in [1.82, 2.24) is 0 Å². The third-order valence-corrected chi connectivity index (χ3v) is 1.80. The molecule has 0 radical (unpaired) electrons. The highest BCUT2D eigenvalue weighted by atomic mass is 16.5. The van der Waals surface area contributed by atoms with Gasteiger partial charge in [0.25, 0.3) is 0 Å². The van der Waals surface area contributed by atoms with Gasteiger partial charge in [0.15, 0.2) is 0 Å². The zero-order chi connectivity index (χ0) is 9.52. The fraction of sp³-hybridized carbons (Fsp3) is 0.364. The lowest BCUT2D eigenvalue weighted by atomic mass is 10.2. The minimum absolute atomic E-state index is 0.107. The summed E-state index contributed by atoms with van der Waals surface area (Å²) in [5.74, 6) is 0.824. The van der Waals surface area contributed by atoms with E-state index in [9.17, 15) is 0 Å². The molecule has 0 aromatic heterocycles. The molecule has 0 fully saturated rings. The zero-order valence-corrected chi connectivity index (χ0v) is 7.94. The maximum absolute atomic E-state index is 5.63. The molecule has 0 aromatic rings. The highest BCUT2D eigenvalue weighted by Crippen LogP contribution is 2.09. The van der Waals surface area contributed by atoms with Crippen LogP contribution in [0, 0.1) is 0 Å². The Bertz CT molecular complexity index is 251. The summed E-state index contributed by atoms with van der Waals surface area (Å²) in [7, 11) is 0. The number of aliphatic imine (C=N–C) groups is 1. The molecule has 2 nitrogen and oxygen atoms in total. The van der Waals surface area contributed by atoms with Crippen molar-refractivity contribution in [1.29, 1.82) is 0 Å². The van der Waals surface area contributed by atoms with Crippen LogP contribution in [0.15, 0.2) is 41.6 Å². The second-order valence-corrected chi connectivity index (χ2v) is 2.76. The molecule has 0 aliphatic carbocycles. The Balaban J connectivity index is 2.52. The molecule has 0 spiro atoms. The second-order valence-electron chi connectivity index (χ2n) is 2.76. The van der Waals surface area contributed by atoms with Gasteiger partial charge in [0.1, 0.15) is 11.9 Å². The van der Waals surface area contributed by atoms with Crippen LogP contribution in [0.5, 0.6) is 0 Å². The molecular weight excluding hydrogens is 162 g/mol. The molecule has 0 N–H and O–H groups in total. The Kier molecular flexibility index (Phi) is 4.03. The summed E-state index contributed by atoms with van der Waals surface area (Å²) in [6, 6.07) is 0. The topological polar surface area (TPSA) is 21.6 Å². The Labute approximate surface area is 79.3 Å². The summed E-state index contributed by atoms with van der Waals surface area (Å²) in [5, 5.41) is 0. The molecule has 1 heterocycles. The average Bonchev–Trinajstić information content (AvgIpc) is 2.42. The lowest BCUT2D eigenvalue weighted by molar-refractivity contribution is 0.172. The van der Waals surface area contributed by atoms with Gasteiger partial charge in [-0.3, -0.25) is 4.99 Å². The predicted octanol–water partition coefficient (Wildman–Crippen LogP) is 2.49. The van der Waals surface area contributed by atoms with E-state index < -0.39 is 0 Å². The van der Waals surface area contributed by atoms with E-state index in [1.54, 1.807) is 6.08 Å². The van der Waals surface area contributed by atoms with Gasteiger partial charge >= 0.3 is 0 Å². The Morgan fingerprint density at radius 2 is 2.54 bits per heavy atom. The zero-order valence-electron chi connectivity index (χ0n) is 7.94. The third kappa shape index (κ3) is 3.28. The summed E-state index contributed by atoms with van der Waals surface area (Å²) >= 11 is 0. The SMILES string of the molecule is C=C/C(=C\C)OC1C=CCN=CC1. The molecule has 1 aliphatic heterocycles. The molecular formula is C11H15NO. The van der Waals surface area contributed by atoms with Crippen LogP contribution in [0.2, 0.25) is 0 Å². The van der Waals surface area contributed by atoms with Gasteiger partial charge in [-0.25, -0.2) is 0 Å². The molecule has 1 aliphatic rings. The van der Waals surface area contributed by atoms with E-state index in [2.05, 4.69) is 11.6 Å². The van der Waals surface area contributed by atoms with Crippen LogP contribution < -0.4 is 0 Å². The van der Waals surface area contributed by atoms with Crippen molar-refractivity contribution in [3.05, 3.63) is 36.6 Å². The van der Waals surface area contributed by atoms with E-state index in [1.807, 2.05) is 31.4 Å². The van der Waals surface area contributed by atoms with Gasteiger partial charge in [-0.15, -0.1) is 0 Å². The van der Waals surface area contributed by atoms with Gasteiger partial charge < -0.3 is 4.74 Å². The summed E-state index contributed by atoms with van der Waals surface area (Å²) in [6.45, 7) is 6.37. The van der Waals surface area contributed by atoms with E-state index >= 15 is 0 Å². The number of nitrogens with zero attached hydrogens (tertiary/aromatic N) is 1. The van der Waals surface area contributed by atoms with Crippen molar-refractivity contribution in [2.75, 3.05) is 6.54 Å². The first-order chi connectivity index (χ1) is 6.36. The first-order valence-corrected chi connectivity index (χ1v) is 4.47. The van der Waals surface area contributed by atoms with E-state index in [0.29, 0.717) is 0 Å². The molecule has 70 valence electrons. The van der Waals surface area contributed by atoms with Crippen molar-refractivity contribution in [3.63, 3.8) is 0 Å². The number of hydrogen-bond acceptors (Lipinski definition) is 2. The smallest absolute Gasteiger partial charge is 0.122 e. The number of allylic oxidation sites excluding steroid dienone is 2. The molecule has 0 aromatic carbocycles. The number of ether oxygens (including phenoxy) is 1. The van der Waals surface area contributed by atoms with E-state index in [1.165, 1.54) is 0 Å². The minimum atomic E-state index is 0.107. The van der Waals surface area contributed by atoms with Crippen molar-refractivity contribution >= 4 is 6.21 Å². The first kappa shape index (κ1) is 9.78. The van der Waals surface area contributed by atoms with Crippen LogP contribution in [0.1, 0.15) is 13.3 Å². The van der Waals surface area contributed by atoms with Crippen LogP contribution in [0.4, 0.5) is 0 Å². The fourth-order valence-electron chi connectivity index (χ4n) is 1.10. The summed E-state index contributed by atoms with van der Waals surface area (Å²) in [5.41, 5.74) is 0. The molecule has 0 saturated heterocycles. The number of hydrogen-bond donors (Lipinski definition) is 0. The van der Waals surface area contributed by atoms with Crippen molar-refractivity contribution in [2.45, 2.75) is 19.4 Å². The molecule has 0 amide bonds. The summed E-state index contributed by atoms with van der Waals surface area (Å²) in [6.07, 6.45) is 10.5.